The largest absolute Gasteiger partial charge is 0.452 e. The molecule has 0 aliphatic carbocycles. The summed E-state index contributed by atoms with van der Waals surface area (Å²) in [7, 11) is 1.66. The van der Waals surface area contributed by atoms with Crippen molar-refractivity contribution < 1.29 is 23.9 Å². The van der Waals surface area contributed by atoms with E-state index in [1.54, 1.807) is 51.3 Å². The molecule has 0 atom stereocenters. The number of nitrogens with zero attached hydrogens (tertiary/aromatic N) is 1. The lowest BCUT2D eigenvalue weighted by Crippen LogP contribution is -2.30. The number of carbonyl (C=O) groups excluding carboxylic acids is 3. The maximum absolute atomic E-state index is 12.1. The zero-order chi connectivity index (χ0) is 20.7. The van der Waals surface area contributed by atoms with Gasteiger partial charge in [0.2, 0.25) is 0 Å². The number of hydrogen-bond acceptors (Lipinski definition) is 6. The predicted octanol–water partition coefficient (Wildman–Crippen LogP) is 3.91. The Labute approximate surface area is 168 Å². The molecule has 1 aromatic carbocycles. The molecule has 0 radical (unpaired) electrons. The van der Waals surface area contributed by atoms with Crippen LogP contribution in [-0.4, -0.2) is 42.1 Å². The van der Waals surface area contributed by atoms with E-state index in [0.717, 1.165) is 4.88 Å². The lowest BCUT2D eigenvalue weighted by molar-refractivity contribution is -0.133. The number of hydrogen-bond donors (Lipinski definition) is 1. The van der Waals surface area contributed by atoms with Crippen LogP contribution in [0.2, 0.25) is 0 Å². The van der Waals surface area contributed by atoms with Crippen molar-refractivity contribution in [2.45, 2.75) is 32.9 Å². The van der Waals surface area contributed by atoms with Gasteiger partial charge in [0.15, 0.2) is 6.61 Å². The molecule has 2 amide bonds. The Balaban J connectivity index is 1.82. The van der Waals surface area contributed by atoms with E-state index in [9.17, 15) is 14.4 Å². The van der Waals surface area contributed by atoms with Crippen LogP contribution in [0.5, 0.6) is 0 Å². The highest BCUT2D eigenvalue weighted by Crippen LogP contribution is 2.14. The summed E-state index contributed by atoms with van der Waals surface area (Å²) in [6.45, 7) is 5.44. The van der Waals surface area contributed by atoms with E-state index in [2.05, 4.69) is 5.32 Å². The van der Waals surface area contributed by atoms with Crippen molar-refractivity contribution in [1.29, 1.82) is 0 Å². The number of rotatable bonds is 6. The molecule has 0 saturated carbocycles. The smallest absolute Gasteiger partial charge is 0.412 e. The van der Waals surface area contributed by atoms with Crippen molar-refractivity contribution in [1.82, 2.24) is 4.90 Å². The van der Waals surface area contributed by atoms with E-state index in [4.69, 9.17) is 9.47 Å². The fraction of sp³-hybridized carbons (Fsp3) is 0.350. The van der Waals surface area contributed by atoms with Crippen molar-refractivity contribution in [2.75, 3.05) is 19.0 Å². The van der Waals surface area contributed by atoms with Gasteiger partial charge in [-0.15, -0.1) is 11.3 Å². The van der Waals surface area contributed by atoms with E-state index < -0.39 is 17.7 Å². The summed E-state index contributed by atoms with van der Waals surface area (Å²) >= 11 is 1.56. The van der Waals surface area contributed by atoms with Crippen LogP contribution in [0.15, 0.2) is 41.8 Å². The molecule has 1 N–H and O–H groups in total. The highest BCUT2D eigenvalue weighted by Gasteiger charge is 2.17. The average Bonchev–Trinajstić information content (AvgIpc) is 3.11. The molecular formula is C20H24N2O5S. The van der Waals surface area contributed by atoms with Crippen LogP contribution in [0.3, 0.4) is 0 Å². The summed E-state index contributed by atoms with van der Waals surface area (Å²) in [6, 6.07) is 9.99. The second-order valence-electron chi connectivity index (χ2n) is 7.11. The van der Waals surface area contributed by atoms with Gasteiger partial charge in [0.1, 0.15) is 5.60 Å². The first-order valence-corrected chi connectivity index (χ1v) is 9.55. The Hall–Kier alpha value is -2.87. The van der Waals surface area contributed by atoms with E-state index >= 15 is 0 Å². The molecule has 1 heterocycles. The van der Waals surface area contributed by atoms with Crippen LogP contribution in [0, 0.1) is 0 Å². The zero-order valence-corrected chi connectivity index (χ0v) is 17.2. The van der Waals surface area contributed by atoms with Gasteiger partial charge >= 0.3 is 12.1 Å². The first kappa shape index (κ1) is 21.4. The molecule has 0 unspecified atom stereocenters. The molecule has 2 aromatic rings. The molecule has 0 bridgehead atoms. The number of thiophene rings is 1. The Bertz CT molecular complexity index is 810. The molecule has 0 spiro atoms. The monoisotopic (exact) mass is 404 g/mol. The molecule has 150 valence electrons. The number of carbonyl (C=O) groups is 3. The van der Waals surface area contributed by atoms with Gasteiger partial charge in [-0.25, -0.2) is 9.59 Å². The quantitative estimate of drug-likeness (QED) is 0.738. The fourth-order valence-electron chi connectivity index (χ4n) is 2.16. The van der Waals surface area contributed by atoms with Gasteiger partial charge < -0.3 is 14.4 Å². The second kappa shape index (κ2) is 9.36. The molecule has 0 fully saturated rings. The van der Waals surface area contributed by atoms with Crippen molar-refractivity contribution >= 4 is 35.0 Å². The maximum atomic E-state index is 12.1. The number of esters is 1. The van der Waals surface area contributed by atoms with E-state index in [0.29, 0.717) is 12.2 Å². The lowest BCUT2D eigenvalue weighted by Gasteiger charge is -2.19. The third-order valence-corrected chi connectivity index (χ3v) is 4.35. The summed E-state index contributed by atoms with van der Waals surface area (Å²) in [5.74, 6) is -0.897. The van der Waals surface area contributed by atoms with Crippen LogP contribution in [0.4, 0.5) is 10.5 Å². The van der Waals surface area contributed by atoms with E-state index in [1.165, 1.54) is 17.0 Å². The van der Waals surface area contributed by atoms with Crippen LogP contribution < -0.4 is 5.32 Å². The van der Waals surface area contributed by atoms with Crippen LogP contribution in [0.25, 0.3) is 0 Å². The van der Waals surface area contributed by atoms with E-state index in [1.807, 2.05) is 17.5 Å². The summed E-state index contributed by atoms with van der Waals surface area (Å²) in [4.78, 5) is 38.5. The first-order valence-electron chi connectivity index (χ1n) is 8.67. The Morgan fingerprint density at radius 3 is 2.36 bits per heavy atom. The Morgan fingerprint density at radius 1 is 1.11 bits per heavy atom. The second-order valence-corrected chi connectivity index (χ2v) is 8.14. The van der Waals surface area contributed by atoms with Crippen molar-refractivity contribution in [2.24, 2.45) is 0 Å². The molecule has 0 aliphatic heterocycles. The normalized spacial score (nSPS) is 10.9. The van der Waals surface area contributed by atoms with Crippen LogP contribution in [-0.2, 0) is 20.8 Å². The first-order chi connectivity index (χ1) is 13.1. The van der Waals surface area contributed by atoms with Gasteiger partial charge in [-0.2, -0.15) is 0 Å². The van der Waals surface area contributed by atoms with Crippen molar-refractivity contribution in [3.05, 3.63) is 52.2 Å². The predicted molar refractivity (Wildman–Crippen MR) is 107 cm³/mol. The van der Waals surface area contributed by atoms with Crippen LogP contribution >= 0.6 is 11.3 Å². The number of likely N-dealkylation sites (N-methyl/N-ethyl adjacent to an activating group) is 1. The molecule has 0 aliphatic rings. The highest BCUT2D eigenvalue weighted by atomic mass is 32.1. The summed E-state index contributed by atoms with van der Waals surface area (Å²) in [6.07, 6.45) is -0.581. The third-order valence-electron chi connectivity index (χ3n) is 3.49. The van der Waals surface area contributed by atoms with Gasteiger partial charge in [-0.1, -0.05) is 6.07 Å². The summed E-state index contributed by atoms with van der Waals surface area (Å²) in [5, 5.41) is 4.52. The van der Waals surface area contributed by atoms with Crippen LogP contribution in [0.1, 0.15) is 36.0 Å². The maximum Gasteiger partial charge on any atom is 0.412 e. The van der Waals surface area contributed by atoms with E-state index in [-0.39, 0.29) is 18.1 Å². The van der Waals surface area contributed by atoms with Gasteiger partial charge in [-0.3, -0.25) is 10.1 Å². The molecule has 0 saturated heterocycles. The number of nitrogens with one attached hydrogen (secondary N) is 1. The number of amides is 2. The van der Waals surface area contributed by atoms with Gasteiger partial charge in [0.25, 0.3) is 5.91 Å². The van der Waals surface area contributed by atoms with Gasteiger partial charge in [0.05, 0.1) is 12.1 Å². The topological polar surface area (TPSA) is 84.9 Å². The SMILES string of the molecule is CN(Cc1cccs1)C(=O)COC(=O)c1ccc(NC(=O)OC(C)(C)C)cc1. The Morgan fingerprint density at radius 2 is 1.79 bits per heavy atom. The lowest BCUT2D eigenvalue weighted by atomic mass is 10.2. The van der Waals surface area contributed by atoms with Gasteiger partial charge in [-0.05, 0) is 56.5 Å². The standard InChI is InChI=1S/C20H24N2O5S/c1-20(2,3)27-19(25)21-15-9-7-14(8-10-15)18(24)26-13-17(23)22(4)12-16-6-5-11-28-16/h5-11H,12-13H2,1-4H3,(H,21,25). The zero-order valence-electron chi connectivity index (χ0n) is 16.4. The minimum Gasteiger partial charge on any atom is -0.452 e. The van der Waals surface area contributed by atoms with Crippen molar-refractivity contribution in [3.63, 3.8) is 0 Å². The number of anilines is 1. The molecule has 7 nitrogen and oxygen atoms in total. The summed E-state index contributed by atoms with van der Waals surface area (Å²) < 4.78 is 10.2. The number of benzene rings is 1. The molecule has 2 rings (SSSR count). The molecule has 28 heavy (non-hydrogen) atoms. The summed E-state index contributed by atoms with van der Waals surface area (Å²) in [5.41, 5.74) is 0.165. The van der Waals surface area contributed by atoms with Crippen molar-refractivity contribution in [3.8, 4) is 0 Å². The molecule has 1 aromatic heterocycles. The molecule has 8 heteroatoms. The number of ether oxygens (including phenoxy) is 2. The third kappa shape index (κ3) is 7.03. The minimum atomic E-state index is -0.610. The molecular weight excluding hydrogens is 380 g/mol. The fourth-order valence-corrected chi connectivity index (χ4v) is 2.91. The minimum absolute atomic E-state index is 0.281. The average molecular weight is 404 g/mol. The van der Waals surface area contributed by atoms with Gasteiger partial charge in [0, 0.05) is 17.6 Å². The highest BCUT2D eigenvalue weighted by molar-refractivity contribution is 7.09. The Kier molecular flexibility index (Phi) is 7.17.